The molecule has 20 heavy (non-hydrogen) atoms. The summed E-state index contributed by atoms with van der Waals surface area (Å²) in [6, 6.07) is 0. The average Bonchev–Trinajstić information content (AvgIpc) is 2.80. The minimum Gasteiger partial charge on any atom is -0.363 e. The van der Waals surface area contributed by atoms with Crippen molar-refractivity contribution in [3.63, 3.8) is 0 Å². The molecule has 6 heteroatoms. The van der Waals surface area contributed by atoms with Gasteiger partial charge in [-0.3, -0.25) is 4.79 Å². The van der Waals surface area contributed by atoms with Crippen LogP contribution in [0.15, 0.2) is 5.38 Å². The van der Waals surface area contributed by atoms with E-state index in [0.29, 0.717) is 0 Å². The quantitative estimate of drug-likeness (QED) is 0.921. The molecule has 1 saturated heterocycles. The Morgan fingerprint density at radius 2 is 2.10 bits per heavy atom. The molecule has 3 heterocycles. The number of aryl methyl sites for hydroxylation is 1. The van der Waals surface area contributed by atoms with E-state index in [1.807, 2.05) is 5.38 Å². The second-order valence-electron chi connectivity index (χ2n) is 5.46. The van der Waals surface area contributed by atoms with Gasteiger partial charge >= 0.3 is 0 Å². The van der Waals surface area contributed by atoms with Gasteiger partial charge in [-0.25, -0.2) is 9.97 Å². The third-order valence-corrected chi connectivity index (χ3v) is 4.82. The Morgan fingerprint density at radius 3 is 2.75 bits per heavy atom. The highest BCUT2D eigenvalue weighted by Crippen LogP contribution is 2.33. The Hall–Kier alpha value is -1.69. The van der Waals surface area contributed by atoms with Crippen LogP contribution in [-0.2, 0) is 0 Å². The first-order valence-corrected chi connectivity index (χ1v) is 7.75. The largest absolute Gasteiger partial charge is 0.363 e. The van der Waals surface area contributed by atoms with Gasteiger partial charge in [-0.05, 0) is 25.7 Å². The van der Waals surface area contributed by atoms with Crippen LogP contribution < -0.4 is 10.6 Å². The lowest BCUT2D eigenvalue weighted by Crippen LogP contribution is -2.34. The predicted octanol–water partition coefficient (Wildman–Crippen LogP) is 2.33. The van der Waals surface area contributed by atoms with Gasteiger partial charge < -0.3 is 10.6 Å². The Morgan fingerprint density at radius 1 is 1.40 bits per heavy atom. The number of carbonyl (C=O) groups is 1. The molecule has 0 unspecified atom stereocenters. The van der Waals surface area contributed by atoms with E-state index in [9.17, 15) is 4.79 Å². The van der Waals surface area contributed by atoms with Gasteiger partial charge in [0.05, 0.1) is 10.9 Å². The van der Waals surface area contributed by atoms with Crippen molar-refractivity contribution in [1.82, 2.24) is 9.97 Å². The number of thiophene rings is 1. The van der Waals surface area contributed by atoms with Crippen LogP contribution in [0.4, 0.5) is 5.82 Å². The Labute approximate surface area is 121 Å². The SMILES string of the molecule is Cc1scc2nc(C(N)=O)nc(N3CCC(C)CC3)c12. The molecule has 0 saturated carbocycles. The summed E-state index contributed by atoms with van der Waals surface area (Å²) in [5.74, 6) is 1.17. The molecule has 1 aliphatic heterocycles. The number of hydrogen-bond acceptors (Lipinski definition) is 5. The summed E-state index contributed by atoms with van der Waals surface area (Å²) in [6.45, 7) is 6.29. The molecular weight excluding hydrogens is 272 g/mol. The third-order valence-electron chi connectivity index (χ3n) is 3.92. The number of amides is 1. The van der Waals surface area contributed by atoms with E-state index in [2.05, 4.69) is 28.7 Å². The fourth-order valence-corrected chi connectivity index (χ4v) is 3.42. The second kappa shape index (κ2) is 5.01. The number of piperidine rings is 1. The molecule has 1 amide bonds. The molecule has 0 atom stereocenters. The maximum atomic E-state index is 11.4. The van der Waals surface area contributed by atoms with Crippen LogP contribution in [0, 0.1) is 12.8 Å². The van der Waals surface area contributed by atoms with Crippen LogP contribution in [0.5, 0.6) is 0 Å². The van der Waals surface area contributed by atoms with Crippen molar-refractivity contribution in [3.05, 3.63) is 16.1 Å². The molecule has 5 nitrogen and oxygen atoms in total. The van der Waals surface area contributed by atoms with Crippen LogP contribution in [-0.4, -0.2) is 29.0 Å². The molecule has 2 N–H and O–H groups in total. The van der Waals surface area contributed by atoms with E-state index in [0.717, 1.165) is 48.6 Å². The number of fused-ring (bicyclic) bond motifs is 1. The summed E-state index contributed by atoms with van der Waals surface area (Å²) in [5, 5.41) is 3.03. The van der Waals surface area contributed by atoms with Gasteiger partial charge in [-0.15, -0.1) is 11.3 Å². The van der Waals surface area contributed by atoms with Gasteiger partial charge in [0.25, 0.3) is 5.91 Å². The highest BCUT2D eigenvalue weighted by Gasteiger charge is 2.22. The van der Waals surface area contributed by atoms with E-state index in [1.54, 1.807) is 11.3 Å². The lowest BCUT2D eigenvalue weighted by molar-refractivity contribution is 0.0991. The molecule has 2 aromatic rings. The van der Waals surface area contributed by atoms with E-state index in [4.69, 9.17) is 5.73 Å². The van der Waals surface area contributed by atoms with Crippen LogP contribution >= 0.6 is 11.3 Å². The van der Waals surface area contributed by atoms with Crippen molar-refractivity contribution in [2.45, 2.75) is 26.7 Å². The first kappa shape index (κ1) is 13.3. The van der Waals surface area contributed by atoms with Crippen LogP contribution in [0.25, 0.3) is 10.9 Å². The first-order chi connectivity index (χ1) is 9.56. The van der Waals surface area contributed by atoms with E-state index in [1.165, 1.54) is 4.88 Å². The Kier molecular flexibility index (Phi) is 3.33. The molecule has 0 spiro atoms. The van der Waals surface area contributed by atoms with Crippen LogP contribution in [0.2, 0.25) is 0 Å². The molecular formula is C14H18N4OS. The van der Waals surface area contributed by atoms with Crippen molar-refractivity contribution in [2.24, 2.45) is 11.7 Å². The minimum atomic E-state index is -0.567. The highest BCUT2D eigenvalue weighted by atomic mass is 32.1. The molecule has 0 aliphatic carbocycles. The number of aromatic nitrogens is 2. The zero-order chi connectivity index (χ0) is 14.3. The summed E-state index contributed by atoms with van der Waals surface area (Å²) in [5.41, 5.74) is 6.18. The molecule has 3 rings (SSSR count). The summed E-state index contributed by atoms with van der Waals surface area (Å²) >= 11 is 1.64. The van der Waals surface area contributed by atoms with Crippen LogP contribution in [0.3, 0.4) is 0 Å². The van der Waals surface area contributed by atoms with Crippen molar-refractivity contribution in [2.75, 3.05) is 18.0 Å². The molecule has 0 radical (unpaired) electrons. The Balaban J connectivity index is 2.11. The van der Waals surface area contributed by atoms with E-state index in [-0.39, 0.29) is 5.82 Å². The fraction of sp³-hybridized carbons (Fsp3) is 0.500. The maximum absolute atomic E-state index is 11.4. The molecule has 0 bridgehead atoms. The third kappa shape index (κ3) is 2.24. The zero-order valence-electron chi connectivity index (χ0n) is 11.7. The van der Waals surface area contributed by atoms with Crippen molar-refractivity contribution >= 4 is 34.0 Å². The zero-order valence-corrected chi connectivity index (χ0v) is 12.5. The smallest absolute Gasteiger partial charge is 0.286 e. The van der Waals surface area contributed by atoms with Gasteiger partial charge in [0.1, 0.15) is 5.82 Å². The number of anilines is 1. The average molecular weight is 290 g/mol. The fourth-order valence-electron chi connectivity index (χ4n) is 2.65. The molecule has 1 fully saturated rings. The minimum absolute atomic E-state index is 0.115. The summed E-state index contributed by atoms with van der Waals surface area (Å²) in [4.78, 5) is 23.6. The number of nitrogens with zero attached hydrogens (tertiary/aromatic N) is 3. The van der Waals surface area contributed by atoms with Gasteiger partial charge in [0, 0.05) is 23.3 Å². The summed E-state index contributed by atoms with van der Waals surface area (Å²) in [6.07, 6.45) is 2.31. The molecule has 0 aromatic carbocycles. The van der Waals surface area contributed by atoms with Crippen molar-refractivity contribution in [1.29, 1.82) is 0 Å². The first-order valence-electron chi connectivity index (χ1n) is 6.87. The summed E-state index contributed by atoms with van der Waals surface area (Å²) in [7, 11) is 0. The lowest BCUT2D eigenvalue weighted by Gasteiger charge is -2.31. The van der Waals surface area contributed by atoms with E-state index >= 15 is 0 Å². The summed E-state index contributed by atoms with van der Waals surface area (Å²) < 4.78 is 0. The second-order valence-corrected chi connectivity index (χ2v) is 6.54. The maximum Gasteiger partial charge on any atom is 0.286 e. The monoisotopic (exact) mass is 290 g/mol. The van der Waals surface area contributed by atoms with Crippen LogP contribution in [0.1, 0.15) is 35.3 Å². The molecule has 106 valence electrons. The Bertz CT molecular complexity index is 658. The van der Waals surface area contributed by atoms with Crippen molar-refractivity contribution < 1.29 is 4.79 Å². The number of rotatable bonds is 2. The topological polar surface area (TPSA) is 72.1 Å². The van der Waals surface area contributed by atoms with Crippen molar-refractivity contribution in [3.8, 4) is 0 Å². The number of primary amides is 1. The van der Waals surface area contributed by atoms with E-state index < -0.39 is 5.91 Å². The lowest BCUT2D eigenvalue weighted by atomic mass is 9.99. The predicted molar refractivity (Wildman–Crippen MR) is 81.3 cm³/mol. The molecule has 2 aromatic heterocycles. The number of hydrogen-bond donors (Lipinski definition) is 1. The van der Waals surface area contributed by atoms with Gasteiger partial charge in [-0.1, -0.05) is 6.92 Å². The number of carbonyl (C=O) groups excluding carboxylic acids is 1. The van der Waals surface area contributed by atoms with Gasteiger partial charge in [-0.2, -0.15) is 0 Å². The number of nitrogens with two attached hydrogens (primary N) is 1. The normalized spacial score (nSPS) is 16.8. The van der Waals surface area contributed by atoms with Gasteiger partial charge in [0.15, 0.2) is 0 Å². The molecule has 1 aliphatic rings. The standard InChI is InChI=1S/C14H18N4OS/c1-8-3-5-18(6-4-8)14-11-9(2)20-7-10(11)16-13(17-14)12(15)19/h7-8H,3-6H2,1-2H3,(H2,15,19). The highest BCUT2D eigenvalue weighted by molar-refractivity contribution is 7.11. The van der Waals surface area contributed by atoms with Gasteiger partial charge in [0.2, 0.25) is 5.82 Å².